The normalized spacial score (nSPS) is 11.3. The van der Waals surface area contributed by atoms with Crippen LogP contribution in [-0.2, 0) is 11.0 Å². The maximum atomic E-state index is 12.4. The number of amides is 1. The molecule has 2 N–H and O–H groups in total. The summed E-state index contributed by atoms with van der Waals surface area (Å²) in [7, 11) is 0. The summed E-state index contributed by atoms with van der Waals surface area (Å²) in [5.41, 5.74) is -0.151. The number of aryl methyl sites for hydroxylation is 2. The molecule has 0 aliphatic carbocycles. The molecule has 0 aromatic carbocycles. The van der Waals surface area contributed by atoms with E-state index in [0.717, 1.165) is 22.0 Å². The zero-order chi connectivity index (χ0) is 20.0. The first-order valence-electron chi connectivity index (χ1n) is 8.31. The fraction of sp³-hybridized carbons (Fsp3) is 0.389. The third-order valence-electron chi connectivity index (χ3n) is 3.76. The molecule has 0 fully saturated rings. The Kier molecular flexibility index (Phi) is 6.95. The van der Waals surface area contributed by atoms with Gasteiger partial charge in [-0.15, -0.1) is 11.3 Å². The molecule has 2 aromatic heterocycles. The number of nitrogens with zero attached hydrogens (tertiary/aromatic N) is 1. The van der Waals surface area contributed by atoms with Crippen LogP contribution in [0.15, 0.2) is 24.4 Å². The first kappa shape index (κ1) is 20.9. The van der Waals surface area contributed by atoms with Crippen LogP contribution in [0.1, 0.15) is 38.5 Å². The number of hydrogen-bond donors (Lipinski definition) is 2. The highest BCUT2D eigenvalue weighted by Crippen LogP contribution is 2.28. The molecule has 27 heavy (non-hydrogen) atoms. The summed E-state index contributed by atoms with van der Waals surface area (Å²) in [6, 6.07) is 4.00. The molecule has 0 spiro atoms. The van der Waals surface area contributed by atoms with Crippen molar-refractivity contribution in [1.82, 2.24) is 10.3 Å². The number of halogens is 3. The van der Waals surface area contributed by atoms with E-state index in [4.69, 9.17) is 0 Å². The van der Waals surface area contributed by atoms with Crippen LogP contribution in [0.4, 0.5) is 19.0 Å². The standard InChI is InChI=1S/C18H20F3N3O2S/c1-11-9-14(12(2)27-11)15(25)4-6-17(26)23-8-7-22-16-5-3-13(10-24-16)18(19,20)21/h3,5,9-10H,4,6-8H2,1-2H3,(H,22,24)(H,23,26). The van der Waals surface area contributed by atoms with Gasteiger partial charge in [-0.2, -0.15) is 13.2 Å². The highest BCUT2D eigenvalue weighted by molar-refractivity contribution is 7.12. The van der Waals surface area contributed by atoms with Gasteiger partial charge in [0.25, 0.3) is 0 Å². The Labute approximate surface area is 159 Å². The van der Waals surface area contributed by atoms with Gasteiger partial charge < -0.3 is 10.6 Å². The molecule has 0 radical (unpaired) electrons. The lowest BCUT2D eigenvalue weighted by molar-refractivity contribution is -0.137. The Morgan fingerprint density at radius 3 is 2.44 bits per heavy atom. The van der Waals surface area contributed by atoms with Gasteiger partial charge in [-0.1, -0.05) is 0 Å². The Morgan fingerprint density at radius 2 is 1.89 bits per heavy atom. The minimum Gasteiger partial charge on any atom is -0.368 e. The molecular weight excluding hydrogens is 379 g/mol. The van der Waals surface area contributed by atoms with Crippen molar-refractivity contribution in [2.75, 3.05) is 18.4 Å². The van der Waals surface area contributed by atoms with E-state index in [9.17, 15) is 22.8 Å². The van der Waals surface area contributed by atoms with Crippen molar-refractivity contribution in [3.8, 4) is 0 Å². The van der Waals surface area contributed by atoms with Gasteiger partial charge in [0.05, 0.1) is 5.56 Å². The predicted octanol–water partition coefficient (Wildman–Crippen LogP) is 3.97. The van der Waals surface area contributed by atoms with E-state index in [1.807, 2.05) is 19.9 Å². The number of nitrogens with one attached hydrogen (secondary N) is 2. The number of anilines is 1. The zero-order valence-electron chi connectivity index (χ0n) is 14.9. The zero-order valence-corrected chi connectivity index (χ0v) is 15.8. The summed E-state index contributed by atoms with van der Waals surface area (Å²) in [5, 5.41) is 5.48. The highest BCUT2D eigenvalue weighted by atomic mass is 32.1. The SMILES string of the molecule is Cc1cc(C(=O)CCC(=O)NCCNc2ccc(C(F)(F)F)cn2)c(C)s1. The number of carbonyl (C=O) groups is 2. The van der Waals surface area contributed by atoms with Crippen molar-refractivity contribution in [3.63, 3.8) is 0 Å². The summed E-state index contributed by atoms with van der Waals surface area (Å²) >= 11 is 1.55. The summed E-state index contributed by atoms with van der Waals surface area (Å²) in [5.74, 6) is -0.0232. The van der Waals surface area contributed by atoms with Gasteiger partial charge in [-0.05, 0) is 32.0 Å². The number of alkyl halides is 3. The second kappa shape index (κ2) is 8.98. The van der Waals surface area contributed by atoms with Crippen LogP contribution < -0.4 is 10.6 Å². The Hall–Kier alpha value is -2.42. The number of hydrogen-bond acceptors (Lipinski definition) is 5. The molecule has 2 rings (SSSR count). The smallest absolute Gasteiger partial charge is 0.368 e. The van der Waals surface area contributed by atoms with Crippen LogP contribution in [-0.4, -0.2) is 29.8 Å². The van der Waals surface area contributed by atoms with Crippen LogP contribution in [0, 0.1) is 13.8 Å². The lowest BCUT2D eigenvalue weighted by Crippen LogP contribution is -2.29. The summed E-state index contributed by atoms with van der Waals surface area (Å²) < 4.78 is 37.3. The third-order valence-corrected chi connectivity index (χ3v) is 4.73. The minimum absolute atomic E-state index is 0.0564. The van der Waals surface area contributed by atoms with Crippen LogP contribution in [0.2, 0.25) is 0 Å². The molecule has 0 unspecified atom stereocenters. The number of rotatable bonds is 8. The lowest BCUT2D eigenvalue weighted by Gasteiger charge is -2.09. The van der Waals surface area contributed by atoms with E-state index >= 15 is 0 Å². The molecule has 1 amide bonds. The number of Topliss-reactive ketones (excluding diaryl/α,β-unsaturated/α-hetero) is 1. The fourth-order valence-corrected chi connectivity index (χ4v) is 3.36. The average molecular weight is 399 g/mol. The number of aromatic nitrogens is 1. The number of carbonyl (C=O) groups excluding carboxylic acids is 2. The van der Waals surface area contributed by atoms with Gasteiger partial charge in [0.1, 0.15) is 5.82 Å². The maximum absolute atomic E-state index is 12.4. The van der Waals surface area contributed by atoms with Gasteiger partial charge in [0.15, 0.2) is 5.78 Å². The number of thiophene rings is 1. The Morgan fingerprint density at radius 1 is 1.15 bits per heavy atom. The quantitative estimate of drug-likeness (QED) is 0.521. The van der Waals surface area contributed by atoms with Gasteiger partial charge in [0, 0.05) is 47.4 Å². The highest BCUT2D eigenvalue weighted by Gasteiger charge is 2.30. The second-order valence-corrected chi connectivity index (χ2v) is 7.42. The summed E-state index contributed by atoms with van der Waals surface area (Å²) in [6.45, 7) is 4.39. The van der Waals surface area contributed by atoms with E-state index in [-0.39, 0.29) is 36.9 Å². The molecule has 0 atom stereocenters. The van der Waals surface area contributed by atoms with Crippen LogP contribution in [0.5, 0.6) is 0 Å². The van der Waals surface area contributed by atoms with Crippen molar-refractivity contribution in [3.05, 3.63) is 45.3 Å². The minimum atomic E-state index is -4.42. The maximum Gasteiger partial charge on any atom is 0.417 e. The molecule has 2 aromatic rings. The van der Waals surface area contributed by atoms with Gasteiger partial charge in [-0.25, -0.2) is 4.98 Å². The fourth-order valence-electron chi connectivity index (χ4n) is 2.42. The van der Waals surface area contributed by atoms with Crippen LogP contribution in [0.25, 0.3) is 0 Å². The van der Waals surface area contributed by atoms with Gasteiger partial charge >= 0.3 is 6.18 Å². The average Bonchev–Trinajstić information content (AvgIpc) is 2.94. The molecule has 2 heterocycles. The third kappa shape index (κ3) is 6.35. The predicted molar refractivity (Wildman–Crippen MR) is 98.1 cm³/mol. The van der Waals surface area contributed by atoms with E-state index in [1.54, 1.807) is 11.3 Å². The molecule has 0 aliphatic heterocycles. The van der Waals surface area contributed by atoms with Crippen LogP contribution in [0.3, 0.4) is 0 Å². The molecule has 0 saturated heterocycles. The van der Waals surface area contributed by atoms with Crippen LogP contribution >= 0.6 is 11.3 Å². The molecule has 0 bridgehead atoms. The van der Waals surface area contributed by atoms with E-state index in [1.165, 1.54) is 6.07 Å². The van der Waals surface area contributed by atoms with Crippen molar-refractivity contribution < 1.29 is 22.8 Å². The van der Waals surface area contributed by atoms with Crippen molar-refractivity contribution in [2.45, 2.75) is 32.9 Å². The van der Waals surface area contributed by atoms with E-state index < -0.39 is 11.7 Å². The molecular formula is C18H20F3N3O2S. The Bertz CT molecular complexity index is 801. The molecule has 5 nitrogen and oxygen atoms in total. The lowest BCUT2D eigenvalue weighted by atomic mass is 10.1. The number of pyridine rings is 1. The largest absolute Gasteiger partial charge is 0.417 e. The molecule has 9 heteroatoms. The van der Waals surface area contributed by atoms with E-state index in [0.29, 0.717) is 12.1 Å². The first-order chi connectivity index (χ1) is 12.7. The first-order valence-corrected chi connectivity index (χ1v) is 9.12. The second-order valence-electron chi connectivity index (χ2n) is 5.96. The van der Waals surface area contributed by atoms with Crippen molar-refractivity contribution in [2.24, 2.45) is 0 Å². The van der Waals surface area contributed by atoms with Gasteiger partial charge in [0.2, 0.25) is 5.91 Å². The monoisotopic (exact) mass is 399 g/mol. The number of ketones is 1. The molecule has 146 valence electrons. The van der Waals surface area contributed by atoms with E-state index in [2.05, 4.69) is 15.6 Å². The molecule has 0 aliphatic rings. The van der Waals surface area contributed by atoms with Crippen molar-refractivity contribution >= 4 is 28.8 Å². The van der Waals surface area contributed by atoms with Gasteiger partial charge in [-0.3, -0.25) is 9.59 Å². The van der Waals surface area contributed by atoms with Crippen molar-refractivity contribution in [1.29, 1.82) is 0 Å². The topological polar surface area (TPSA) is 71.1 Å². The Balaban J connectivity index is 1.67. The summed E-state index contributed by atoms with van der Waals surface area (Å²) in [4.78, 5) is 29.6. The molecule has 0 saturated carbocycles. The summed E-state index contributed by atoms with van der Waals surface area (Å²) in [6.07, 6.45) is -3.44.